The molecule has 5 heteroatoms. The van der Waals surface area contributed by atoms with Crippen LogP contribution in [0.4, 0.5) is 13.2 Å². The lowest BCUT2D eigenvalue weighted by Crippen LogP contribution is -2.17. The Morgan fingerprint density at radius 3 is 2.07 bits per heavy atom. The van der Waals surface area contributed by atoms with E-state index in [4.69, 9.17) is 0 Å². The molecule has 0 radical (unpaired) electrons. The Labute approximate surface area is 180 Å². The number of hydrogen-bond acceptors (Lipinski definition) is 2. The van der Waals surface area contributed by atoms with Crippen molar-refractivity contribution in [1.82, 2.24) is 5.32 Å². The minimum atomic E-state index is -4.31. The molecule has 0 unspecified atom stereocenters. The Kier molecular flexibility index (Phi) is 8.17. The first kappa shape index (κ1) is 22.2. The molecular formula is C25H24F3NS. The summed E-state index contributed by atoms with van der Waals surface area (Å²) in [6.45, 7) is 1.42. The molecule has 1 nitrogen and oxygen atoms in total. The van der Waals surface area contributed by atoms with Gasteiger partial charge in [-0.1, -0.05) is 84.9 Å². The van der Waals surface area contributed by atoms with Crippen LogP contribution in [-0.2, 0) is 6.18 Å². The molecule has 30 heavy (non-hydrogen) atoms. The molecule has 0 bridgehead atoms. The van der Waals surface area contributed by atoms with Gasteiger partial charge in [-0.3, -0.25) is 0 Å². The third-order valence-corrected chi connectivity index (χ3v) is 5.87. The van der Waals surface area contributed by atoms with Gasteiger partial charge < -0.3 is 5.32 Å². The van der Waals surface area contributed by atoms with E-state index in [1.54, 1.807) is 12.1 Å². The van der Waals surface area contributed by atoms with E-state index in [1.807, 2.05) is 30.0 Å². The highest BCUT2D eigenvalue weighted by Crippen LogP contribution is 2.35. The summed E-state index contributed by atoms with van der Waals surface area (Å²) in [4.78, 5) is 0. The first-order valence-corrected chi connectivity index (χ1v) is 10.8. The summed E-state index contributed by atoms with van der Waals surface area (Å²) in [6, 6.07) is 26.2. The first-order valence-electron chi connectivity index (χ1n) is 9.80. The maximum atomic E-state index is 12.8. The van der Waals surface area contributed by atoms with Crippen LogP contribution in [0.2, 0.25) is 0 Å². The van der Waals surface area contributed by atoms with Gasteiger partial charge in [0.1, 0.15) is 0 Å². The average Bonchev–Trinajstić information content (AvgIpc) is 2.76. The van der Waals surface area contributed by atoms with E-state index >= 15 is 0 Å². The van der Waals surface area contributed by atoms with Crippen molar-refractivity contribution in [2.45, 2.75) is 11.4 Å². The summed E-state index contributed by atoms with van der Waals surface area (Å²) in [7, 11) is 0. The maximum absolute atomic E-state index is 12.8. The standard InChI is InChI=1S/C25H24F3NS/c26-25(27,28)23-15-7-9-20(19-23)10-8-16-29-17-18-30-24(21-11-3-1-4-12-21)22-13-5-2-6-14-22/h1-15,19,24,29H,16-18H2/b10-8+. The van der Waals surface area contributed by atoms with Gasteiger partial charge in [0.25, 0.3) is 0 Å². The number of hydrogen-bond donors (Lipinski definition) is 1. The Bertz CT molecular complexity index is 884. The third kappa shape index (κ3) is 6.78. The number of thioether (sulfide) groups is 1. The molecule has 0 aromatic heterocycles. The van der Waals surface area contributed by atoms with Crippen molar-refractivity contribution in [3.63, 3.8) is 0 Å². The van der Waals surface area contributed by atoms with Crippen molar-refractivity contribution in [2.24, 2.45) is 0 Å². The highest BCUT2D eigenvalue weighted by molar-refractivity contribution is 7.99. The molecule has 0 aliphatic heterocycles. The first-order chi connectivity index (χ1) is 14.5. The van der Waals surface area contributed by atoms with E-state index in [9.17, 15) is 13.2 Å². The second-order valence-corrected chi connectivity index (χ2v) is 8.01. The van der Waals surface area contributed by atoms with Crippen molar-refractivity contribution in [2.75, 3.05) is 18.8 Å². The zero-order valence-corrected chi connectivity index (χ0v) is 17.3. The molecule has 3 aromatic carbocycles. The van der Waals surface area contributed by atoms with Gasteiger partial charge in [0.05, 0.1) is 10.8 Å². The average molecular weight is 428 g/mol. The summed E-state index contributed by atoms with van der Waals surface area (Å²) >= 11 is 1.88. The third-order valence-electron chi connectivity index (χ3n) is 4.55. The zero-order chi connectivity index (χ0) is 21.2. The minimum absolute atomic E-state index is 0.273. The molecular weight excluding hydrogens is 403 g/mol. The van der Waals surface area contributed by atoms with E-state index in [0.29, 0.717) is 12.1 Å². The molecule has 0 heterocycles. The lowest BCUT2D eigenvalue weighted by Gasteiger charge is -2.17. The predicted molar refractivity (Wildman–Crippen MR) is 121 cm³/mol. The highest BCUT2D eigenvalue weighted by atomic mass is 32.2. The maximum Gasteiger partial charge on any atom is 0.416 e. The summed E-state index contributed by atoms with van der Waals surface area (Å²) in [6.07, 6.45) is -0.745. The van der Waals surface area contributed by atoms with E-state index in [0.717, 1.165) is 24.4 Å². The van der Waals surface area contributed by atoms with Gasteiger partial charge in [-0.25, -0.2) is 0 Å². The lowest BCUT2D eigenvalue weighted by molar-refractivity contribution is -0.137. The molecule has 0 aliphatic rings. The molecule has 0 saturated heterocycles. The van der Waals surface area contributed by atoms with Crippen LogP contribution in [0.25, 0.3) is 6.08 Å². The van der Waals surface area contributed by atoms with Gasteiger partial charge in [-0.15, -0.1) is 11.8 Å². The summed E-state index contributed by atoms with van der Waals surface area (Å²) in [5, 5.41) is 3.60. The van der Waals surface area contributed by atoms with Crippen molar-refractivity contribution in [3.05, 3.63) is 113 Å². The van der Waals surface area contributed by atoms with Crippen LogP contribution < -0.4 is 5.32 Å². The number of benzene rings is 3. The van der Waals surface area contributed by atoms with Gasteiger partial charge in [0.2, 0.25) is 0 Å². The van der Waals surface area contributed by atoms with Gasteiger partial charge in [0, 0.05) is 18.8 Å². The van der Waals surface area contributed by atoms with Crippen molar-refractivity contribution in [1.29, 1.82) is 0 Å². The van der Waals surface area contributed by atoms with Crippen molar-refractivity contribution >= 4 is 17.8 Å². The highest BCUT2D eigenvalue weighted by Gasteiger charge is 2.30. The molecule has 156 valence electrons. The van der Waals surface area contributed by atoms with E-state index in [2.05, 4.69) is 53.8 Å². The Morgan fingerprint density at radius 2 is 1.47 bits per heavy atom. The molecule has 0 saturated carbocycles. The summed E-state index contributed by atoms with van der Waals surface area (Å²) < 4.78 is 38.3. The van der Waals surface area contributed by atoms with Crippen LogP contribution >= 0.6 is 11.8 Å². The van der Waals surface area contributed by atoms with Crippen LogP contribution in [0.5, 0.6) is 0 Å². The van der Waals surface area contributed by atoms with Gasteiger partial charge in [-0.2, -0.15) is 13.2 Å². The van der Waals surface area contributed by atoms with Crippen LogP contribution in [0.1, 0.15) is 27.5 Å². The van der Waals surface area contributed by atoms with Crippen LogP contribution in [-0.4, -0.2) is 18.8 Å². The largest absolute Gasteiger partial charge is 0.416 e. The van der Waals surface area contributed by atoms with Gasteiger partial charge in [-0.05, 0) is 28.8 Å². The zero-order valence-electron chi connectivity index (χ0n) is 16.5. The lowest BCUT2D eigenvalue weighted by atomic mass is 10.0. The van der Waals surface area contributed by atoms with Crippen LogP contribution in [0.3, 0.4) is 0 Å². The number of alkyl halides is 3. The number of halogens is 3. The van der Waals surface area contributed by atoms with Crippen molar-refractivity contribution < 1.29 is 13.2 Å². The van der Waals surface area contributed by atoms with E-state index in [1.165, 1.54) is 17.2 Å². The second-order valence-electron chi connectivity index (χ2n) is 6.80. The van der Waals surface area contributed by atoms with E-state index < -0.39 is 11.7 Å². The topological polar surface area (TPSA) is 12.0 Å². The molecule has 0 amide bonds. The smallest absolute Gasteiger partial charge is 0.312 e. The number of nitrogens with one attached hydrogen (secondary N) is 1. The predicted octanol–water partition coefficient (Wildman–Crippen LogP) is 6.83. The molecule has 0 atom stereocenters. The molecule has 1 N–H and O–H groups in total. The minimum Gasteiger partial charge on any atom is -0.312 e. The fraction of sp³-hybridized carbons (Fsp3) is 0.200. The summed E-state index contributed by atoms with van der Waals surface area (Å²) in [5.74, 6) is 0.922. The Morgan fingerprint density at radius 1 is 0.833 bits per heavy atom. The summed E-state index contributed by atoms with van der Waals surface area (Å²) in [5.41, 5.74) is 2.48. The monoisotopic (exact) mass is 427 g/mol. The molecule has 3 aromatic rings. The Hall–Kier alpha value is -2.50. The van der Waals surface area contributed by atoms with Crippen LogP contribution in [0, 0.1) is 0 Å². The van der Waals surface area contributed by atoms with Gasteiger partial charge >= 0.3 is 6.18 Å². The van der Waals surface area contributed by atoms with E-state index in [-0.39, 0.29) is 5.25 Å². The molecule has 3 rings (SSSR count). The van der Waals surface area contributed by atoms with Crippen LogP contribution in [0.15, 0.2) is 91.0 Å². The SMILES string of the molecule is FC(F)(F)c1cccc(/C=C/CNCCSC(c2ccccc2)c2ccccc2)c1. The Balaban J connectivity index is 1.47. The molecule has 0 spiro atoms. The number of rotatable bonds is 9. The fourth-order valence-corrected chi connectivity index (χ4v) is 4.29. The molecule has 0 fully saturated rings. The second kappa shape index (κ2) is 11.0. The quantitative estimate of drug-likeness (QED) is 0.376. The van der Waals surface area contributed by atoms with Crippen molar-refractivity contribution in [3.8, 4) is 0 Å². The van der Waals surface area contributed by atoms with Gasteiger partial charge in [0.15, 0.2) is 0 Å². The normalized spacial score (nSPS) is 12.0. The fourth-order valence-electron chi connectivity index (χ4n) is 3.09. The molecule has 0 aliphatic carbocycles.